The standard InChI is InChI=1S/C13H16N2/c1-2-6-13-10-15(11-14-13)9-12-7-4-3-5-8-12/h3-5,7-8,10-11H,2,6,9H2,1H3. The van der Waals surface area contributed by atoms with Gasteiger partial charge in [-0.3, -0.25) is 0 Å². The van der Waals surface area contributed by atoms with Gasteiger partial charge in [0.25, 0.3) is 0 Å². The molecule has 1 aromatic heterocycles. The molecule has 0 unspecified atom stereocenters. The summed E-state index contributed by atoms with van der Waals surface area (Å²) in [7, 11) is 0. The molecular formula is C13H16N2. The maximum Gasteiger partial charge on any atom is 0.0952 e. The van der Waals surface area contributed by atoms with E-state index >= 15 is 0 Å². The maximum absolute atomic E-state index is 4.37. The van der Waals surface area contributed by atoms with Crippen molar-refractivity contribution in [2.24, 2.45) is 0 Å². The highest BCUT2D eigenvalue weighted by atomic mass is 15.0. The Labute approximate surface area is 90.6 Å². The van der Waals surface area contributed by atoms with Crippen LogP contribution in [0.1, 0.15) is 24.6 Å². The van der Waals surface area contributed by atoms with Gasteiger partial charge in [-0.05, 0) is 12.0 Å². The minimum absolute atomic E-state index is 0.914. The lowest BCUT2D eigenvalue weighted by atomic mass is 10.2. The third-order valence-electron chi connectivity index (χ3n) is 2.40. The average Bonchev–Trinajstić information content (AvgIpc) is 2.68. The first-order chi connectivity index (χ1) is 7.38. The van der Waals surface area contributed by atoms with Crippen molar-refractivity contribution in [2.45, 2.75) is 26.3 Å². The number of aryl methyl sites for hydroxylation is 1. The van der Waals surface area contributed by atoms with E-state index in [9.17, 15) is 0 Å². The molecule has 1 aromatic carbocycles. The fraction of sp³-hybridized carbons (Fsp3) is 0.308. The Morgan fingerprint density at radius 2 is 2.00 bits per heavy atom. The summed E-state index contributed by atoms with van der Waals surface area (Å²) in [5.74, 6) is 0. The van der Waals surface area contributed by atoms with Crippen LogP contribution in [0.2, 0.25) is 0 Å². The van der Waals surface area contributed by atoms with Crippen LogP contribution >= 0.6 is 0 Å². The molecule has 0 amide bonds. The van der Waals surface area contributed by atoms with Crippen LogP contribution in [0.5, 0.6) is 0 Å². The normalized spacial score (nSPS) is 10.5. The minimum atomic E-state index is 0.914. The van der Waals surface area contributed by atoms with Crippen LogP contribution in [0.15, 0.2) is 42.9 Å². The number of hydrogen-bond donors (Lipinski definition) is 0. The highest BCUT2D eigenvalue weighted by Crippen LogP contribution is 2.05. The van der Waals surface area contributed by atoms with Gasteiger partial charge in [0.1, 0.15) is 0 Å². The molecule has 0 saturated carbocycles. The van der Waals surface area contributed by atoms with E-state index in [4.69, 9.17) is 0 Å². The summed E-state index contributed by atoms with van der Waals surface area (Å²) in [5.41, 5.74) is 2.51. The lowest BCUT2D eigenvalue weighted by Gasteiger charge is -2.01. The Morgan fingerprint density at radius 1 is 1.20 bits per heavy atom. The molecule has 1 heterocycles. The van der Waals surface area contributed by atoms with E-state index < -0.39 is 0 Å². The molecule has 0 atom stereocenters. The molecule has 15 heavy (non-hydrogen) atoms. The van der Waals surface area contributed by atoms with Crippen molar-refractivity contribution in [3.05, 3.63) is 54.1 Å². The van der Waals surface area contributed by atoms with Crippen LogP contribution in [0.25, 0.3) is 0 Å². The zero-order valence-corrected chi connectivity index (χ0v) is 9.06. The first-order valence-electron chi connectivity index (χ1n) is 5.43. The van der Waals surface area contributed by atoms with Gasteiger partial charge >= 0.3 is 0 Å². The second-order valence-electron chi connectivity index (χ2n) is 3.77. The van der Waals surface area contributed by atoms with E-state index in [0.29, 0.717) is 0 Å². The van der Waals surface area contributed by atoms with Gasteiger partial charge < -0.3 is 4.57 Å². The van der Waals surface area contributed by atoms with Crippen molar-refractivity contribution < 1.29 is 0 Å². The molecule has 0 aliphatic carbocycles. The van der Waals surface area contributed by atoms with Gasteiger partial charge in [0.05, 0.1) is 12.0 Å². The Kier molecular flexibility index (Phi) is 3.18. The highest BCUT2D eigenvalue weighted by Gasteiger charge is 1.98. The third kappa shape index (κ3) is 2.69. The number of aromatic nitrogens is 2. The minimum Gasteiger partial charge on any atom is -0.333 e. The van der Waals surface area contributed by atoms with E-state index in [1.54, 1.807) is 0 Å². The summed E-state index contributed by atoms with van der Waals surface area (Å²) < 4.78 is 2.14. The van der Waals surface area contributed by atoms with Crippen LogP contribution in [0.4, 0.5) is 0 Å². The first-order valence-corrected chi connectivity index (χ1v) is 5.43. The van der Waals surface area contributed by atoms with Crippen molar-refractivity contribution >= 4 is 0 Å². The van der Waals surface area contributed by atoms with Gasteiger partial charge in [-0.25, -0.2) is 4.98 Å². The zero-order chi connectivity index (χ0) is 10.5. The first kappa shape index (κ1) is 9.97. The Morgan fingerprint density at radius 3 is 2.73 bits per heavy atom. The molecule has 0 bridgehead atoms. The van der Waals surface area contributed by atoms with Crippen LogP contribution in [0, 0.1) is 0 Å². The van der Waals surface area contributed by atoms with Crippen molar-refractivity contribution in [1.29, 1.82) is 0 Å². The lowest BCUT2D eigenvalue weighted by molar-refractivity contribution is 0.795. The molecule has 0 fully saturated rings. The predicted molar refractivity (Wildman–Crippen MR) is 61.8 cm³/mol. The van der Waals surface area contributed by atoms with Crippen molar-refractivity contribution in [1.82, 2.24) is 9.55 Å². The number of hydrogen-bond acceptors (Lipinski definition) is 1. The summed E-state index contributed by atoms with van der Waals surface area (Å²) in [6.45, 7) is 3.09. The van der Waals surface area contributed by atoms with Gasteiger partial charge in [0.15, 0.2) is 0 Å². The Balaban J connectivity index is 2.05. The fourth-order valence-corrected chi connectivity index (χ4v) is 1.67. The zero-order valence-electron chi connectivity index (χ0n) is 9.06. The van der Waals surface area contributed by atoms with E-state index in [1.165, 1.54) is 11.3 Å². The maximum atomic E-state index is 4.37. The van der Waals surface area contributed by atoms with Crippen molar-refractivity contribution in [3.63, 3.8) is 0 Å². The Hall–Kier alpha value is -1.57. The number of nitrogens with zero attached hydrogens (tertiary/aromatic N) is 2. The Bertz CT molecular complexity index is 403. The van der Waals surface area contributed by atoms with Crippen molar-refractivity contribution in [2.75, 3.05) is 0 Å². The van der Waals surface area contributed by atoms with E-state index in [2.05, 4.69) is 46.9 Å². The monoisotopic (exact) mass is 200 g/mol. The van der Waals surface area contributed by atoms with Gasteiger partial charge in [-0.2, -0.15) is 0 Å². The molecule has 0 aliphatic rings. The summed E-state index contributed by atoms with van der Waals surface area (Å²) in [6, 6.07) is 10.5. The second kappa shape index (κ2) is 4.78. The number of benzene rings is 1. The van der Waals surface area contributed by atoms with Gasteiger partial charge in [-0.1, -0.05) is 43.7 Å². The smallest absolute Gasteiger partial charge is 0.0952 e. The molecule has 2 rings (SSSR count). The van der Waals surface area contributed by atoms with E-state index in [1.807, 2.05) is 12.4 Å². The predicted octanol–water partition coefficient (Wildman–Crippen LogP) is 2.88. The SMILES string of the molecule is CCCc1cn(Cc2ccccc2)cn1. The molecule has 0 saturated heterocycles. The second-order valence-corrected chi connectivity index (χ2v) is 3.77. The number of imidazole rings is 1. The van der Waals surface area contributed by atoms with E-state index in [-0.39, 0.29) is 0 Å². The third-order valence-corrected chi connectivity index (χ3v) is 2.40. The summed E-state index contributed by atoms with van der Waals surface area (Å²) in [5, 5.41) is 0. The van der Waals surface area contributed by atoms with Gasteiger partial charge in [0, 0.05) is 12.7 Å². The lowest BCUT2D eigenvalue weighted by Crippen LogP contribution is -1.95. The summed E-state index contributed by atoms with van der Waals surface area (Å²) >= 11 is 0. The van der Waals surface area contributed by atoms with Gasteiger partial charge in [0.2, 0.25) is 0 Å². The molecule has 0 N–H and O–H groups in total. The molecule has 2 heteroatoms. The molecule has 0 aliphatic heterocycles. The van der Waals surface area contributed by atoms with Crippen LogP contribution in [-0.2, 0) is 13.0 Å². The molecule has 78 valence electrons. The van der Waals surface area contributed by atoms with Crippen LogP contribution < -0.4 is 0 Å². The molecule has 2 nitrogen and oxygen atoms in total. The van der Waals surface area contributed by atoms with Crippen LogP contribution in [-0.4, -0.2) is 9.55 Å². The summed E-state index contributed by atoms with van der Waals surface area (Å²) in [4.78, 5) is 4.37. The van der Waals surface area contributed by atoms with Gasteiger partial charge in [-0.15, -0.1) is 0 Å². The number of rotatable bonds is 4. The largest absolute Gasteiger partial charge is 0.333 e. The van der Waals surface area contributed by atoms with E-state index in [0.717, 1.165) is 19.4 Å². The molecule has 0 radical (unpaired) electrons. The van der Waals surface area contributed by atoms with Crippen LogP contribution in [0.3, 0.4) is 0 Å². The molecule has 2 aromatic rings. The van der Waals surface area contributed by atoms with Crippen molar-refractivity contribution in [3.8, 4) is 0 Å². The average molecular weight is 200 g/mol. The topological polar surface area (TPSA) is 17.8 Å². The fourth-order valence-electron chi connectivity index (χ4n) is 1.67. The quantitative estimate of drug-likeness (QED) is 0.742. The molecular weight excluding hydrogens is 184 g/mol. The molecule has 0 spiro atoms. The summed E-state index contributed by atoms with van der Waals surface area (Å²) in [6.07, 6.45) is 6.28. The highest BCUT2D eigenvalue weighted by molar-refractivity contribution is 5.15.